The van der Waals surface area contributed by atoms with Crippen LogP contribution in [0.2, 0.25) is 0 Å². The van der Waals surface area contributed by atoms with Gasteiger partial charge >= 0.3 is 0 Å². The molecule has 0 fully saturated rings. The Hall–Kier alpha value is -1.60. The van der Waals surface area contributed by atoms with Crippen LogP contribution >= 0.6 is 10.7 Å². The smallest absolute Gasteiger partial charge is 0.261 e. The molecule has 0 saturated heterocycles. The lowest BCUT2D eigenvalue weighted by Crippen LogP contribution is -2.04. The molecule has 0 atom stereocenters. The molecule has 0 saturated carbocycles. The Morgan fingerprint density at radius 2 is 2.20 bits per heavy atom. The Labute approximate surface area is 120 Å². The summed E-state index contributed by atoms with van der Waals surface area (Å²) in [5.74, 6) is -0.756. The Bertz CT molecular complexity index is 674. The third-order valence-corrected chi connectivity index (χ3v) is 3.91. The molecule has 0 amide bonds. The zero-order chi connectivity index (χ0) is 14.6. The predicted octanol–water partition coefficient (Wildman–Crippen LogP) is 2.42. The molecule has 0 aliphatic heterocycles. The highest BCUT2D eigenvalue weighted by Crippen LogP contribution is 2.23. The van der Waals surface area contributed by atoms with Gasteiger partial charge in [0.15, 0.2) is 11.6 Å². The molecule has 1 aromatic heterocycles. The number of aromatic nitrogens is 2. The molecule has 1 heterocycles. The molecule has 0 spiro atoms. The second-order valence-corrected chi connectivity index (χ2v) is 6.60. The maximum Gasteiger partial charge on any atom is 0.261 e. The van der Waals surface area contributed by atoms with E-state index in [-0.39, 0.29) is 10.6 Å². The summed E-state index contributed by atoms with van der Waals surface area (Å²) in [6.07, 6.45) is 5.85. The van der Waals surface area contributed by atoms with Crippen LogP contribution in [0.5, 0.6) is 5.75 Å². The van der Waals surface area contributed by atoms with E-state index in [0.29, 0.717) is 19.6 Å². The fourth-order valence-corrected chi connectivity index (χ4v) is 2.36. The number of benzene rings is 1. The summed E-state index contributed by atoms with van der Waals surface area (Å²) in [5.41, 5.74) is 0. The Morgan fingerprint density at radius 3 is 2.80 bits per heavy atom. The van der Waals surface area contributed by atoms with Gasteiger partial charge < -0.3 is 9.30 Å². The normalized spacial score (nSPS) is 11.5. The van der Waals surface area contributed by atoms with E-state index < -0.39 is 14.9 Å². The summed E-state index contributed by atoms with van der Waals surface area (Å²) >= 11 is 0. The molecule has 108 valence electrons. The van der Waals surface area contributed by atoms with Crippen LogP contribution in [0.25, 0.3) is 0 Å². The summed E-state index contributed by atoms with van der Waals surface area (Å²) in [6, 6.07) is 3.30. The van der Waals surface area contributed by atoms with Crippen LogP contribution < -0.4 is 4.74 Å². The van der Waals surface area contributed by atoms with E-state index >= 15 is 0 Å². The summed E-state index contributed by atoms with van der Waals surface area (Å²) in [7, 11) is 1.19. The van der Waals surface area contributed by atoms with Gasteiger partial charge in [0.05, 0.1) is 17.8 Å². The van der Waals surface area contributed by atoms with Crippen LogP contribution in [-0.4, -0.2) is 24.6 Å². The number of hydrogen-bond donors (Lipinski definition) is 0. The molecule has 20 heavy (non-hydrogen) atoms. The predicted molar refractivity (Wildman–Crippen MR) is 71.8 cm³/mol. The zero-order valence-corrected chi connectivity index (χ0v) is 11.9. The van der Waals surface area contributed by atoms with E-state index in [2.05, 4.69) is 4.98 Å². The second-order valence-electron chi connectivity index (χ2n) is 4.03. The van der Waals surface area contributed by atoms with Crippen molar-refractivity contribution in [1.82, 2.24) is 9.55 Å². The minimum atomic E-state index is -3.93. The van der Waals surface area contributed by atoms with Crippen molar-refractivity contribution in [3.63, 3.8) is 0 Å². The number of imidazole rings is 1. The Balaban J connectivity index is 1.90. The maximum absolute atomic E-state index is 13.6. The Kier molecular flexibility index (Phi) is 4.61. The highest BCUT2D eigenvalue weighted by molar-refractivity contribution is 8.13. The van der Waals surface area contributed by atoms with Crippen molar-refractivity contribution in [2.75, 3.05) is 6.61 Å². The van der Waals surface area contributed by atoms with Crippen LogP contribution in [0, 0.1) is 5.82 Å². The third kappa shape index (κ3) is 3.94. The number of aryl methyl sites for hydroxylation is 1. The highest BCUT2D eigenvalue weighted by Gasteiger charge is 2.13. The summed E-state index contributed by atoms with van der Waals surface area (Å²) < 4.78 is 42.8. The van der Waals surface area contributed by atoms with E-state index in [0.717, 1.165) is 6.07 Å². The number of nitrogens with zero attached hydrogens (tertiary/aromatic N) is 2. The average Bonchev–Trinajstić information content (AvgIpc) is 2.88. The molecule has 0 aliphatic rings. The number of hydrogen-bond acceptors (Lipinski definition) is 4. The van der Waals surface area contributed by atoms with Crippen LogP contribution in [0.1, 0.15) is 6.42 Å². The van der Waals surface area contributed by atoms with Crippen molar-refractivity contribution in [2.45, 2.75) is 17.9 Å². The fraction of sp³-hybridized carbons (Fsp3) is 0.250. The van der Waals surface area contributed by atoms with E-state index in [1.165, 1.54) is 12.1 Å². The lowest BCUT2D eigenvalue weighted by molar-refractivity contribution is 0.287. The monoisotopic (exact) mass is 318 g/mol. The van der Waals surface area contributed by atoms with Gasteiger partial charge in [-0.25, -0.2) is 17.8 Å². The molecule has 0 bridgehead atoms. The molecule has 1 aromatic carbocycles. The van der Waals surface area contributed by atoms with Crippen LogP contribution in [0.15, 0.2) is 41.8 Å². The van der Waals surface area contributed by atoms with Crippen molar-refractivity contribution < 1.29 is 17.5 Å². The quantitative estimate of drug-likeness (QED) is 0.606. The van der Waals surface area contributed by atoms with Crippen molar-refractivity contribution in [1.29, 1.82) is 0 Å². The highest BCUT2D eigenvalue weighted by atomic mass is 35.7. The van der Waals surface area contributed by atoms with Crippen molar-refractivity contribution in [3.05, 3.63) is 42.7 Å². The number of ether oxygens (including phenoxy) is 1. The van der Waals surface area contributed by atoms with Crippen LogP contribution in [0.3, 0.4) is 0 Å². The molecule has 2 rings (SSSR count). The van der Waals surface area contributed by atoms with Gasteiger partial charge in [0, 0.05) is 29.6 Å². The maximum atomic E-state index is 13.6. The van der Waals surface area contributed by atoms with Gasteiger partial charge in [0.1, 0.15) is 0 Å². The van der Waals surface area contributed by atoms with Gasteiger partial charge in [-0.1, -0.05) is 0 Å². The lowest BCUT2D eigenvalue weighted by atomic mass is 10.3. The average molecular weight is 319 g/mol. The van der Waals surface area contributed by atoms with Gasteiger partial charge in [0.2, 0.25) is 0 Å². The minimum Gasteiger partial charge on any atom is -0.490 e. The van der Waals surface area contributed by atoms with Gasteiger partial charge in [-0.15, -0.1) is 0 Å². The lowest BCUT2D eigenvalue weighted by Gasteiger charge is -2.08. The molecule has 0 radical (unpaired) electrons. The second kappa shape index (κ2) is 6.23. The van der Waals surface area contributed by atoms with Gasteiger partial charge in [0.25, 0.3) is 9.05 Å². The summed E-state index contributed by atoms with van der Waals surface area (Å²) in [6.45, 7) is 1.01. The SMILES string of the molecule is O=S(=O)(Cl)c1ccc(OCCCn2ccnc2)c(F)c1. The molecule has 0 aliphatic carbocycles. The van der Waals surface area contributed by atoms with E-state index in [1.54, 1.807) is 12.5 Å². The first-order valence-electron chi connectivity index (χ1n) is 5.79. The standard InChI is InChI=1S/C12H12ClFN2O3S/c13-20(17,18)10-2-3-12(11(14)8-10)19-7-1-5-16-6-4-15-9-16/h2-4,6,8-9H,1,5,7H2. The largest absolute Gasteiger partial charge is 0.490 e. The van der Waals surface area contributed by atoms with Crippen molar-refractivity contribution >= 4 is 19.7 Å². The van der Waals surface area contributed by atoms with Gasteiger partial charge in [-0.3, -0.25) is 0 Å². The topological polar surface area (TPSA) is 61.2 Å². The molecular formula is C12H12ClFN2O3S. The van der Waals surface area contributed by atoms with Crippen molar-refractivity contribution in [3.8, 4) is 5.75 Å². The van der Waals surface area contributed by atoms with Gasteiger partial charge in [-0.05, 0) is 24.6 Å². The molecule has 5 nitrogen and oxygen atoms in total. The van der Waals surface area contributed by atoms with E-state index in [1.807, 2.05) is 10.8 Å². The number of halogens is 2. The molecule has 0 unspecified atom stereocenters. The van der Waals surface area contributed by atoms with Crippen LogP contribution in [0.4, 0.5) is 4.39 Å². The summed E-state index contributed by atoms with van der Waals surface area (Å²) in [5, 5.41) is 0. The molecule has 8 heteroatoms. The van der Waals surface area contributed by atoms with E-state index in [9.17, 15) is 12.8 Å². The van der Waals surface area contributed by atoms with E-state index in [4.69, 9.17) is 15.4 Å². The summed E-state index contributed by atoms with van der Waals surface area (Å²) in [4.78, 5) is 3.61. The first kappa shape index (κ1) is 14.8. The Morgan fingerprint density at radius 1 is 1.40 bits per heavy atom. The number of rotatable bonds is 6. The third-order valence-electron chi connectivity index (χ3n) is 2.56. The first-order chi connectivity index (χ1) is 9.47. The van der Waals surface area contributed by atoms with Crippen LogP contribution in [-0.2, 0) is 15.6 Å². The molecule has 0 N–H and O–H groups in total. The van der Waals surface area contributed by atoms with Gasteiger partial charge in [-0.2, -0.15) is 0 Å². The molecule has 2 aromatic rings. The van der Waals surface area contributed by atoms with Crippen molar-refractivity contribution in [2.24, 2.45) is 0 Å². The zero-order valence-electron chi connectivity index (χ0n) is 10.4. The molecular weight excluding hydrogens is 307 g/mol. The minimum absolute atomic E-state index is 0.000280. The fourth-order valence-electron chi connectivity index (χ4n) is 1.60. The first-order valence-corrected chi connectivity index (χ1v) is 8.10.